The number of aliphatic hydroxyl groups is 4. The molecule has 16 nitrogen and oxygen atoms in total. The predicted octanol–water partition coefficient (Wildman–Crippen LogP) is 9.48. The van der Waals surface area contributed by atoms with Crippen LogP contribution < -0.4 is 18.9 Å². The van der Waals surface area contributed by atoms with Gasteiger partial charge in [-0.05, 0) is 122 Å². The van der Waals surface area contributed by atoms with E-state index in [1.54, 1.807) is 36.4 Å². The zero-order chi connectivity index (χ0) is 59.5. The van der Waals surface area contributed by atoms with Crippen LogP contribution in [0.1, 0.15) is 51.3 Å². The molecule has 6 rings (SSSR count). The maximum Gasteiger partial charge on any atom is 0.333 e. The number of hydrogen-bond donors (Lipinski definition) is 4. The summed E-state index contributed by atoms with van der Waals surface area (Å²) in [4.78, 5) is 48.5. The monoisotopic (exact) mass is 1120 g/mol. The number of esters is 4. The van der Waals surface area contributed by atoms with Gasteiger partial charge in [0.05, 0.1) is 0 Å². The van der Waals surface area contributed by atoms with E-state index in [0.717, 1.165) is 38.9 Å². The summed E-state index contributed by atoms with van der Waals surface area (Å²) in [5.41, 5.74) is 6.32. The van der Waals surface area contributed by atoms with Crippen molar-refractivity contribution in [2.45, 2.75) is 64.4 Å². The van der Waals surface area contributed by atoms with Crippen LogP contribution in [0.15, 0.2) is 188 Å². The summed E-state index contributed by atoms with van der Waals surface area (Å²) >= 11 is 0. The first-order chi connectivity index (χ1) is 39.1. The second kappa shape index (κ2) is 29.6. The van der Waals surface area contributed by atoms with Gasteiger partial charge in [-0.3, -0.25) is 0 Å². The van der Waals surface area contributed by atoms with Gasteiger partial charge in [0.1, 0.15) is 100 Å². The fourth-order valence-electron chi connectivity index (χ4n) is 8.15. The molecule has 4 atom stereocenters. The van der Waals surface area contributed by atoms with Gasteiger partial charge < -0.3 is 58.3 Å². The van der Waals surface area contributed by atoms with Crippen molar-refractivity contribution in [1.29, 1.82) is 0 Å². The molecule has 0 aliphatic rings. The van der Waals surface area contributed by atoms with E-state index in [4.69, 9.17) is 37.9 Å². The minimum absolute atomic E-state index is 0.156. The normalized spacial score (nSPS) is 13.1. The summed E-state index contributed by atoms with van der Waals surface area (Å²) in [7, 11) is 0. The van der Waals surface area contributed by atoms with Gasteiger partial charge in [-0.25, -0.2) is 19.2 Å². The Labute approximate surface area is 478 Å². The highest BCUT2D eigenvalue weighted by molar-refractivity contribution is 5.88. The van der Waals surface area contributed by atoms with Crippen LogP contribution in [0.5, 0.6) is 23.0 Å². The van der Waals surface area contributed by atoms with E-state index in [2.05, 4.69) is 26.3 Å². The first kappa shape index (κ1) is 62.4. The molecule has 6 aromatic rings. The molecule has 0 bridgehead atoms. The summed E-state index contributed by atoms with van der Waals surface area (Å²) in [6.07, 6.45) is -4.72. The zero-order valence-electron chi connectivity index (χ0n) is 46.8. The van der Waals surface area contributed by atoms with Gasteiger partial charge in [0.15, 0.2) is 0 Å². The summed E-state index contributed by atoms with van der Waals surface area (Å²) in [5.74, 6) is -1.03. The number of hydrogen-bond acceptors (Lipinski definition) is 16. The molecule has 82 heavy (non-hydrogen) atoms. The van der Waals surface area contributed by atoms with Crippen LogP contribution in [-0.4, -0.2) is 122 Å². The third-order valence-corrected chi connectivity index (χ3v) is 12.7. The van der Waals surface area contributed by atoms with E-state index in [0.29, 0.717) is 34.1 Å². The quantitative estimate of drug-likeness (QED) is 0.0143. The van der Waals surface area contributed by atoms with Crippen LogP contribution in [0.2, 0.25) is 0 Å². The number of rotatable bonds is 30. The average molecular weight is 1120 g/mol. The van der Waals surface area contributed by atoms with Crippen LogP contribution in [0, 0.1) is 0 Å². The van der Waals surface area contributed by atoms with Gasteiger partial charge in [0, 0.05) is 38.8 Å². The standard InChI is InChI=1S/C66H70O16/c1-41(2)62(71)79-37-52(67)33-75-56-25-17-47(18-26-56)49-21-29-60(77-35-54(69)39-81-64(73)43(5)6)58(31-49)66(9,51-23-15-46(16-24-51)45-13-11-10-12-14-45)59-32-50(22-30-61(59)78-36-55(70)40-82-65(74)44(7)8)48-19-27-57(28-20-48)76-34-53(68)38-80-63(72)42(3)4/h10-32,52-55,67-70H,1,3,5,7,33-40H2,2,4,6,8-9H3. The minimum atomic E-state index is -1.26. The molecule has 0 aliphatic heterocycles. The van der Waals surface area contributed by atoms with Gasteiger partial charge in [-0.2, -0.15) is 0 Å². The smallest absolute Gasteiger partial charge is 0.333 e. The van der Waals surface area contributed by atoms with Crippen molar-refractivity contribution >= 4 is 23.9 Å². The molecule has 0 radical (unpaired) electrons. The van der Waals surface area contributed by atoms with Crippen LogP contribution in [0.25, 0.3) is 33.4 Å². The lowest BCUT2D eigenvalue weighted by Crippen LogP contribution is -2.30. The molecule has 0 heterocycles. The molecular weight excluding hydrogens is 1050 g/mol. The zero-order valence-corrected chi connectivity index (χ0v) is 46.8. The number of carbonyl (C=O) groups is 4. The molecule has 0 fully saturated rings. The van der Waals surface area contributed by atoms with Gasteiger partial charge in [0.25, 0.3) is 0 Å². The number of aliphatic hydroxyl groups excluding tert-OH is 4. The lowest BCUT2D eigenvalue weighted by molar-refractivity contribution is -0.143. The highest BCUT2D eigenvalue weighted by Crippen LogP contribution is 2.49. The summed E-state index contributed by atoms with van der Waals surface area (Å²) in [6, 6.07) is 43.5. The van der Waals surface area contributed by atoms with E-state index < -0.39 is 53.7 Å². The molecule has 0 aromatic heterocycles. The first-order valence-corrected chi connectivity index (χ1v) is 26.3. The van der Waals surface area contributed by atoms with Crippen molar-refractivity contribution in [2.75, 3.05) is 52.9 Å². The van der Waals surface area contributed by atoms with Crippen LogP contribution in [0.3, 0.4) is 0 Å². The maximum absolute atomic E-state index is 12.3. The SMILES string of the molecule is C=C(C)C(=O)OCC(O)COc1ccc(-c2ccc(OCC(O)COC(=O)C(=C)C)c(C(C)(c3ccc(-c4ccccc4)cc3)c3cc(-c4ccc(OCC(O)COC(=O)C(=C)C)cc4)ccc3OCC(O)COC(=O)C(=C)C)c2)cc1. The Morgan fingerprint density at radius 2 is 0.659 bits per heavy atom. The van der Waals surface area contributed by atoms with Crippen molar-refractivity contribution in [2.24, 2.45) is 0 Å². The Morgan fingerprint density at radius 3 is 0.988 bits per heavy atom. The second-order valence-electron chi connectivity index (χ2n) is 19.9. The fraction of sp³-hybridized carbons (Fsp3) is 0.273. The average Bonchev–Trinajstić information content (AvgIpc) is 2.65. The minimum Gasteiger partial charge on any atom is -0.491 e. The Hall–Kier alpha value is -8.80. The molecule has 0 aliphatic carbocycles. The predicted molar refractivity (Wildman–Crippen MR) is 310 cm³/mol. The van der Waals surface area contributed by atoms with Crippen LogP contribution in [-0.2, 0) is 43.5 Å². The molecular formula is C66H70O16. The molecule has 0 spiro atoms. The third-order valence-electron chi connectivity index (χ3n) is 12.7. The Balaban J connectivity index is 1.49. The molecule has 4 N–H and O–H groups in total. The summed E-state index contributed by atoms with van der Waals surface area (Å²) < 4.78 is 45.5. The van der Waals surface area contributed by atoms with E-state index in [1.807, 2.05) is 110 Å². The lowest BCUT2D eigenvalue weighted by Gasteiger charge is -2.36. The van der Waals surface area contributed by atoms with Gasteiger partial charge >= 0.3 is 23.9 Å². The number of benzene rings is 6. The number of ether oxygens (including phenoxy) is 8. The van der Waals surface area contributed by atoms with Crippen molar-refractivity contribution in [3.05, 3.63) is 205 Å². The van der Waals surface area contributed by atoms with Crippen molar-refractivity contribution in [1.82, 2.24) is 0 Å². The fourth-order valence-corrected chi connectivity index (χ4v) is 8.15. The highest BCUT2D eigenvalue weighted by atomic mass is 16.6. The van der Waals surface area contributed by atoms with Crippen molar-refractivity contribution in [3.63, 3.8) is 0 Å². The molecule has 6 aromatic carbocycles. The van der Waals surface area contributed by atoms with Gasteiger partial charge in [0.2, 0.25) is 0 Å². The Morgan fingerprint density at radius 1 is 0.378 bits per heavy atom. The van der Waals surface area contributed by atoms with E-state index in [9.17, 15) is 39.6 Å². The second-order valence-corrected chi connectivity index (χ2v) is 19.9. The van der Waals surface area contributed by atoms with Gasteiger partial charge in [-0.1, -0.05) is 117 Å². The topological polar surface area (TPSA) is 223 Å². The Bertz CT molecular complexity index is 3030. The molecule has 430 valence electrons. The molecule has 0 saturated carbocycles. The number of carbonyl (C=O) groups excluding carboxylic acids is 4. The molecule has 16 heteroatoms. The van der Waals surface area contributed by atoms with E-state index >= 15 is 0 Å². The summed E-state index contributed by atoms with van der Waals surface area (Å²) in [6.45, 7) is 20.2. The molecule has 0 saturated heterocycles. The first-order valence-electron chi connectivity index (χ1n) is 26.3. The van der Waals surface area contributed by atoms with E-state index in [1.165, 1.54) is 27.7 Å². The maximum atomic E-state index is 12.3. The van der Waals surface area contributed by atoms with Gasteiger partial charge in [-0.15, -0.1) is 0 Å². The van der Waals surface area contributed by atoms with Crippen LogP contribution >= 0.6 is 0 Å². The highest BCUT2D eigenvalue weighted by Gasteiger charge is 2.38. The third kappa shape index (κ3) is 17.6. The van der Waals surface area contributed by atoms with Crippen LogP contribution in [0.4, 0.5) is 0 Å². The van der Waals surface area contributed by atoms with E-state index in [-0.39, 0.29) is 75.1 Å². The lowest BCUT2D eigenvalue weighted by atomic mass is 9.69. The summed E-state index contributed by atoms with van der Waals surface area (Å²) in [5, 5.41) is 43.3. The van der Waals surface area contributed by atoms with Crippen molar-refractivity contribution in [3.8, 4) is 56.4 Å². The largest absolute Gasteiger partial charge is 0.491 e. The van der Waals surface area contributed by atoms with Crippen molar-refractivity contribution < 1.29 is 77.5 Å². The Kier molecular flexibility index (Phi) is 22.5. The molecule has 4 unspecified atom stereocenters. The molecule has 0 amide bonds.